The van der Waals surface area contributed by atoms with Crippen LogP contribution in [0.15, 0.2) is 34.9 Å². The van der Waals surface area contributed by atoms with Crippen molar-refractivity contribution < 1.29 is 19.1 Å². The Bertz CT molecular complexity index is 846. The molecular weight excluding hydrogens is 390 g/mol. The quantitative estimate of drug-likeness (QED) is 0.764. The second-order valence-corrected chi connectivity index (χ2v) is 6.54. The van der Waals surface area contributed by atoms with E-state index in [2.05, 4.69) is 26.2 Å². The number of hydrogen-bond acceptors (Lipinski definition) is 4. The van der Waals surface area contributed by atoms with E-state index in [0.717, 1.165) is 22.1 Å². The largest absolute Gasteiger partial charge is 0.451 e. The van der Waals surface area contributed by atoms with Gasteiger partial charge in [-0.2, -0.15) is 0 Å². The summed E-state index contributed by atoms with van der Waals surface area (Å²) in [5.41, 5.74) is 2.74. The molecule has 2 heterocycles. The highest BCUT2D eigenvalue weighted by Crippen LogP contribution is 2.30. The van der Waals surface area contributed by atoms with Gasteiger partial charge in [0.05, 0.1) is 0 Å². The Labute approximate surface area is 152 Å². The normalized spacial score (nSPS) is 12.6. The molecule has 1 aromatic carbocycles. The number of nitrogens with zero attached hydrogens (tertiary/aromatic N) is 1. The van der Waals surface area contributed by atoms with E-state index in [1.165, 1.54) is 6.92 Å². The Morgan fingerprint density at radius 1 is 1.32 bits per heavy atom. The van der Waals surface area contributed by atoms with Crippen molar-refractivity contribution in [1.29, 1.82) is 0 Å². The molecule has 130 valence electrons. The van der Waals surface area contributed by atoms with E-state index in [9.17, 15) is 14.4 Å². The minimum atomic E-state index is -0.605. The molecule has 25 heavy (non-hydrogen) atoms. The van der Waals surface area contributed by atoms with Crippen LogP contribution in [0.3, 0.4) is 0 Å². The number of nitrogens with one attached hydrogen (secondary N) is 2. The predicted molar refractivity (Wildman–Crippen MR) is 95.6 cm³/mol. The van der Waals surface area contributed by atoms with Crippen LogP contribution in [0.25, 0.3) is 0 Å². The lowest BCUT2D eigenvalue weighted by Crippen LogP contribution is -2.25. The van der Waals surface area contributed by atoms with E-state index in [4.69, 9.17) is 4.74 Å². The highest BCUT2D eigenvalue weighted by atomic mass is 79.9. The van der Waals surface area contributed by atoms with Crippen molar-refractivity contribution in [3.05, 3.63) is 46.2 Å². The number of carbonyl (C=O) groups is 3. The fraction of sp³-hybridized carbons (Fsp3) is 0.235. The van der Waals surface area contributed by atoms with Crippen LogP contribution < -0.4 is 10.2 Å². The topological polar surface area (TPSA) is 91.5 Å². The van der Waals surface area contributed by atoms with E-state index in [0.29, 0.717) is 12.2 Å². The third-order valence-corrected chi connectivity index (χ3v) is 4.30. The molecule has 2 N–H and O–H groups in total. The maximum absolute atomic E-state index is 12.0. The number of ether oxygens (including phenoxy) is 1. The Morgan fingerprint density at radius 2 is 2.12 bits per heavy atom. The van der Waals surface area contributed by atoms with Crippen LogP contribution in [0.1, 0.15) is 23.0 Å². The smallest absolute Gasteiger partial charge is 0.355 e. The van der Waals surface area contributed by atoms with E-state index < -0.39 is 11.9 Å². The molecule has 0 atom stereocenters. The summed E-state index contributed by atoms with van der Waals surface area (Å²) in [7, 11) is 0. The molecular formula is C17H16BrN3O4. The Morgan fingerprint density at radius 3 is 2.80 bits per heavy atom. The zero-order valence-corrected chi connectivity index (χ0v) is 15.1. The third-order valence-electron chi connectivity index (χ3n) is 3.84. The first-order valence-corrected chi connectivity index (χ1v) is 8.45. The van der Waals surface area contributed by atoms with Gasteiger partial charge >= 0.3 is 5.97 Å². The molecule has 0 bridgehead atoms. The highest BCUT2D eigenvalue weighted by molar-refractivity contribution is 9.10. The van der Waals surface area contributed by atoms with Crippen molar-refractivity contribution in [3.63, 3.8) is 0 Å². The van der Waals surface area contributed by atoms with Crippen LogP contribution in [-0.2, 0) is 20.7 Å². The average Bonchev–Trinajstić information content (AvgIpc) is 3.18. The number of fused-ring (bicyclic) bond motifs is 1. The molecule has 7 nitrogen and oxygen atoms in total. The lowest BCUT2D eigenvalue weighted by Gasteiger charge is -2.15. The maximum atomic E-state index is 12.0. The van der Waals surface area contributed by atoms with Gasteiger partial charge in [0.2, 0.25) is 5.91 Å². The van der Waals surface area contributed by atoms with Crippen molar-refractivity contribution in [2.45, 2.75) is 13.3 Å². The molecule has 2 amide bonds. The summed E-state index contributed by atoms with van der Waals surface area (Å²) in [5.74, 6) is -1.04. The predicted octanol–water partition coefficient (Wildman–Crippen LogP) is 2.48. The SMILES string of the molecule is CC(=O)N1CCc2cc(NC(=O)COC(=O)c3cc(Br)c[nH]3)ccc21. The standard InChI is InChI=1S/C17H16BrN3O4/c1-10(22)21-5-4-11-6-13(2-3-15(11)21)20-16(23)9-25-17(24)14-7-12(18)8-19-14/h2-3,6-8,19H,4-5,9H2,1H3,(H,20,23). The van der Waals surface area contributed by atoms with Gasteiger partial charge in [0, 0.05) is 35.5 Å². The van der Waals surface area contributed by atoms with Crippen molar-refractivity contribution in [2.24, 2.45) is 0 Å². The molecule has 0 spiro atoms. The van der Waals surface area contributed by atoms with Crippen LogP contribution >= 0.6 is 15.9 Å². The number of hydrogen-bond donors (Lipinski definition) is 2. The number of benzene rings is 1. The molecule has 0 saturated carbocycles. The van der Waals surface area contributed by atoms with Gasteiger partial charge in [-0.25, -0.2) is 4.79 Å². The molecule has 8 heteroatoms. The van der Waals surface area contributed by atoms with Crippen LogP contribution in [0.2, 0.25) is 0 Å². The highest BCUT2D eigenvalue weighted by Gasteiger charge is 2.22. The third kappa shape index (κ3) is 3.90. The van der Waals surface area contributed by atoms with Crippen molar-refractivity contribution in [3.8, 4) is 0 Å². The number of aromatic amines is 1. The lowest BCUT2D eigenvalue weighted by molar-refractivity contribution is -0.119. The Kier molecular flexibility index (Phi) is 4.89. The zero-order valence-electron chi connectivity index (χ0n) is 13.5. The van der Waals surface area contributed by atoms with E-state index in [1.54, 1.807) is 23.2 Å². The van der Waals surface area contributed by atoms with Gasteiger partial charge in [-0.1, -0.05) is 0 Å². The van der Waals surface area contributed by atoms with Gasteiger partial charge in [0.25, 0.3) is 5.91 Å². The first-order chi connectivity index (χ1) is 11.9. The molecule has 3 rings (SSSR count). The molecule has 0 saturated heterocycles. The summed E-state index contributed by atoms with van der Waals surface area (Å²) in [5, 5.41) is 2.69. The summed E-state index contributed by atoms with van der Waals surface area (Å²) < 4.78 is 5.68. The first-order valence-electron chi connectivity index (χ1n) is 7.66. The summed E-state index contributed by atoms with van der Waals surface area (Å²) in [6.07, 6.45) is 2.35. The molecule has 0 fully saturated rings. The number of H-pyrrole nitrogens is 1. The number of aromatic nitrogens is 1. The first kappa shape index (κ1) is 17.2. The van der Waals surface area contributed by atoms with Crippen molar-refractivity contribution >= 4 is 45.1 Å². The summed E-state index contributed by atoms with van der Waals surface area (Å²) >= 11 is 3.22. The van der Waals surface area contributed by atoms with Crippen molar-refractivity contribution in [1.82, 2.24) is 4.98 Å². The van der Waals surface area contributed by atoms with Crippen LogP contribution in [0.4, 0.5) is 11.4 Å². The van der Waals surface area contributed by atoms with Gasteiger partial charge in [-0.3, -0.25) is 9.59 Å². The van der Waals surface area contributed by atoms with E-state index >= 15 is 0 Å². The summed E-state index contributed by atoms with van der Waals surface area (Å²) in [6.45, 7) is 1.79. The maximum Gasteiger partial charge on any atom is 0.355 e. The van der Waals surface area contributed by atoms with Gasteiger partial charge in [0.1, 0.15) is 5.69 Å². The summed E-state index contributed by atoms with van der Waals surface area (Å²) in [6, 6.07) is 6.94. The van der Waals surface area contributed by atoms with E-state index in [1.807, 2.05) is 12.1 Å². The minimum Gasteiger partial charge on any atom is -0.451 e. The summed E-state index contributed by atoms with van der Waals surface area (Å²) in [4.78, 5) is 39.7. The zero-order chi connectivity index (χ0) is 18.0. The Hall–Kier alpha value is -2.61. The fourth-order valence-electron chi connectivity index (χ4n) is 2.70. The number of anilines is 2. The molecule has 1 aromatic heterocycles. The van der Waals surface area contributed by atoms with Crippen LogP contribution in [0, 0.1) is 0 Å². The van der Waals surface area contributed by atoms with Crippen LogP contribution in [0.5, 0.6) is 0 Å². The van der Waals surface area contributed by atoms with Gasteiger partial charge in [0.15, 0.2) is 6.61 Å². The number of carbonyl (C=O) groups excluding carboxylic acids is 3. The number of esters is 1. The monoisotopic (exact) mass is 405 g/mol. The van der Waals surface area contributed by atoms with E-state index in [-0.39, 0.29) is 18.2 Å². The van der Waals surface area contributed by atoms with Crippen LogP contribution in [-0.4, -0.2) is 35.9 Å². The second-order valence-electron chi connectivity index (χ2n) is 5.62. The number of amides is 2. The van der Waals surface area contributed by atoms with Gasteiger partial charge in [-0.15, -0.1) is 0 Å². The molecule has 0 aliphatic carbocycles. The number of rotatable bonds is 4. The average molecular weight is 406 g/mol. The second kappa shape index (κ2) is 7.10. The number of halogens is 1. The fourth-order valence-corrected chi connectivity index (χ4v) is 3.04. The lowest BCUT2D eigenvalue weighted by atomic mass is 10.1. The molecule has 0 radical (unpaired) electrons. The molecule has 0 unspecified atom stereocenters. The van der Waals surface area contributed by atoms with Gasteiger partial charge in [-0.05, 0) is 52.2 Å². The molecule has 2 aromatic rings. The molecule has 1 aliphatic rings. The molecule has 1 aliphatic heterocycles. The van der Waals surface area contributed by atoms with Crippen molar-refractivity contribution in [2.75, 3.05) is 23.4 Å². The minimum absolute atomic E-state index is 0.00148. The van der Waals surface area contributed by atoms with Gasteiger partial charge < -0.3 is 19.9 Å². The Balaban J connectivity index is 1.57.